The molecule has 1 aromatic rings. The van der Waals surface area contributed by atoms with Gasteiger partial charge in [-0.05, 0) is 43.5 Å². The lowest BCUT2D eigenvalue weighted by molar-refractivity contribution is -0.117. The number of carbonyl (C=O) groups is 1. The van der Waals surface area contributed by atoms with E-state index in [9.17, 15) is 9.90 Å². The number of nitrogens with one attached hydrogen (secondary N) is 1. The summed E-state index contributed by atoms with van der Waals surface area (Å²) in [5.74, 6) is 0.0395. The number of carbonyl (C=O) groups excluding carboxylic acids is 1. The van der Waals surface area contributed by atoms with Crippen LogP contribution in [0.25, 0.3) is 0 Å². The van der Waals surface area contributed by atoms with Gasteiger partial charge in [-0.25, -0.2) is 0 Å². The van der Waals surface area contributed by atoms with Crippen molar-refractivity contribution in [2.45, 2.75) is 33.2 Å². The van der Waals surface area contributed by atoms with Crippen molar-refractivity contribution in [2.75, 3.05) is 44.6 Å². The Balaban J connectivity index is 1.80. The molecule has 1 saturated heterocycles. The zero-order valence-electron chi connectivity index (χ0n) is 14.5. The van der Waals surface area contributed by atoms with E-state index >= 15 is 0 Å². The van der Waals surface area contributed by atoms with E-state index in [4.69, 9.17) is 0 Å². The van der Waals surface area contributed by atoms with Crippen LogP contribution in [0.2, 0.25) is 0 Å². The molecular formula is C18H29N3O2. The van der Waals surface area contributed by atoms with Crippen molar-refractivity contribution in [3.63, 3.8) is 0 Å². The molecule has 2 N–H and O–H groups in total. The van der Waals surface area contributed by atoms with Crippen LogP contribution in [0.15, 0.2) is 18.2 Å². The van der Waals surface area contributed by atoms with Crippen LogP contribution in [0, 0.1) is 13.8 Å². The Hall–Kier alpha value is -1.43. The average Bonchev–Trinajstić information content (AvgIpc) is 2.49. The van der Waals surface area contributed by atoms with Crippen LogP contribution < -0.4 is 5.32 Å². The molecule has 2 rings (SSSR count). The highest BCUT2D eigenvalue weighted by atomic mass is 16.3. The maximum absolute atomic E-state index is 12.2. The van der Waals surface area contributed by atoms with E-state index in [-0.39, 0.29) is 18.6 Å². The maximum Gasteiger partial charge on any atom is 0.238 e. The second kappa shape index (κ2) is 8.43. The van der Waals surface area contributed by atoms with E-state index in [1.807, 2.05) is 26.0 Å². The van der Waals surface area contributed by atoms with Gasteiger partial charge in [0.2, 0.25) is 5.91 Å². The van der Waals surface area contributed by atoms with Gasteiger partial charge in [-0.3, -0.25) is 14.6 Å². The quantitative estimate of drug-likeness (QED) is 0.837. The van der Waals surface area contributed by atoms with E-state index in [0.717, 1.165) is 49.4 Å². The summed E-state index contributed by atoms with van der Waals surface area (Å²) < 4.78 is 0. The van der Waals surface area contributed by atoms with Crippen LogP contribution in [-0.4, -0.2) is 66.2 Å². The number of benzene rings is 1. The van der Waals surface area contributed by atoms with E-state index in [0.29, 0.717) is 6.54 Å². The molecule has 128 valence electrons. The third-order valence-electron chi connectivity index (χ3n) is 4.48. The Labute approximate surface area is 139 Å². The lowest BCUT2D eigenvalue weighted by Crippen LogP contribution is -2.52. The molecule has 1 aliphatic heterocycles. The number of aliphatic hydroxyl groups is 1. The standard InChI is InChI=1S/C18H29N3O2/c1-4-17(13-22)21-7-5-20(6-8-21)12-18(23)19-16-10-14(2)9-15(3)11-16/h9-11,17,22H,4-8,12-13H2,1-3H3,(H,19,23). The van der Waals surface area contributed by atoms with Crippen LogP contribution in [-0.2, 0) is 4.79 Å². The summed E-state index contributed by atoms with van der Waals surface area (Å²) in [6.45, 7) is 10.4. The molecule has 1 atom stereocenters. The van der Waals surface area contributed by atoms with Crippen LogP contribution >= 0.6 is 0 Å². The van der Waals surface area contributed by atoms with Crippen molar-refractivity contribution in [3.05, 3.63) is 29.3 Å². The van der Waals surface area contributed by atoms with Gasteiger partial charge in [0.25, 0.3) is 0 Å². The van der Waals surface area contributed by atoms with Crippen molar-refractivity contribution < 1.29 is 9.90 Å². The topological polar surface area (TPSA) is 55.8 Å². The second-order valence-electron chi connectivity index (χ2n) is 6.48. The Kier molecular flexibility index (Phi) is 6.57. The number of aliphatic hydroxyl groups excluding tert-OH is 1. The normalized spacial score (nSPS) is 17.9. The first-order valence-electron chi connectivity index (χ1n) is 8.47. The third kappa shape index (κ3) is 5.30. The van der Waals surface area contributed by atoms with Gasteiger partial charge in [-0.1, -0.05) is 13.0 Å². The SMILES string of the molecule is CCC(CO)N1CCN(CC(=O)Nc2cc(C)cc(C)c2)CC1. The summed E-state index contributed by atoms with van der Waals surface area (Å²) in [5, 5.41) is 12.4. The minimum absolute atomic E-state index is 0.0395. The monoisotopic (exact) mass is 319 g/mol. The van der Waals surface area contributed by atoms with Gasteiger partial charge in [-0.2, -0.15) is 0 Å². The van der Waals surface area contributed by atoms with Gasteiger partial charge in [-0.15, -0.1) is 0 Å². The van der Waals surface area contributed by atoms with Gasteiger partial charge in [0.15, 0.2) is 0 Å². The smallest absolute Gasteiger partial charge is 0.238 e. The Morgan fingerprint density at radius 2 is 1.78 bits per heavy atom. The molecule has 1 fully saturated rings. The zero-order valence-corrected chi connectivity index (χ0v) is 14.5. The predicted octanol–water partition coefficient (Wildman–Crippen LogP) is 1.63. The number of amides is 1. The maximum atomic E-state index is 12.2. The molecule has 5 heteroatoms. The van der Waals surface area contributed by atoms with Crippen LogP contribution in [0.3, 0.4) is 0 Å². The van der Waals surface area contributed by atoms with Crippen molar-refractivity contribution in [3.8, 4) is 0 Å². The van der Waals surface area contributed by atoms with Crippen LogP contribution in [0.5, 0.6) is 0 Å². The zero-order chi connectivity index (χ0) is 16.8. The van der Waals surface area contributed by atoms with E-state index < -0.39 is 0 Å². The molecule has 0 aliphatic carbocycles. The van der Waals surface area contributed by atoms with Crippen LogP contribution in [0.1, 0.15) is 24.5 Å². The predicted molar refractivity (Wildman–Crippen MR) is 93.7 cm³/mol. The second-order valence-corrected chi connectivity index (χ2v) is 6.48. The minimum atomic E-state index is 0.0395. The molecule has 1 unspecified atom stereocenters. The fourth-order valence-electron chi connectivity index (χ4n) is 3.24. The number of rotatable bonds is 6. The van der Waals surface area contributed by atoms with Crippen molar-refractivity contribution in [2.24, 2.45) is 0 Å². The lowest BCUT2D eigenvalue weighted by atomic mass is 10.1. The molecule has 5 nitrogen and oxygen atoms in total. The highest BCUT2D eigenvalue weighted by molar-refractivity contribution is 5.92. The van der Waals surface area contributed by atoms with Crippen molar-refractivity contribution in [1.82, 2.24) is 9.80 Å². The first-order valence-corrected chi connectivity index (χ1v) is 8.47. The van der Waals surface area contributed by atoms with Gasteiger partial charge < -0.3 is 10.4 Å². The van der Waals surface area contributed by atoms with Crippen LogP contribution in [0.4, 0.5) is 5.69 Å². The number of aryl methyl sites for hydroxylation is 2. The Morgan fingerprint density at radius 1 is 1.17 bits per heavy atom. The van der Waals surface area contributed by atoms with E-state index in [1.54, 1.807) is 0 Å². The molecule has 1 amide bonds. The van der Waals surface area contributed by atoms with E-state index in [2.05, 4.69) is 28.1 Å². The first-order chi connectivity index (χ1) is 11.0. The van der Waals surface area contributed by atoms with Crippen molar-refractivity contribution >= 4 is 11.6 Å². The molecular weight excluding hydrogens is 290 g/mol. The summed E-state index contributed by atoms with van der Waals surface area (Å²) >= 11 is 0. The molecule has 0 radical (unpaired) electrons. The van der Waals surface area contributed by atoms with Gasteiger partial charge in [0.05, 0.1) is 13.2 Å². The van der Waals surface area contributed by atoms with Crippen molar-refractivity contribution in [1.29, 1.82) is 0 Å². The molecule has 0 aromatic heterocycles. The number of piperazine rings is 1. The molecule has 0 spiro atoms. The highest BCUT2D eigenvalue weighted by Gasteiger charge is 2.23. The molecule has 0 bridgehead atoms. The summed E-state index contributed by atoms with van der Waals surface area (Å²) in [6.07, 6.45) is 0.962. The lowest BCUT2D eigenvalue weighted by Gasteiger charge is -2.38. The fourth-order valence-corrected chi connectivity index (χ4v) is 3.24. The van der Waals surface area contributed by atoms with Gasteiger partial charge in [0, 0.05) is 37.9 Å². The van der Waals surface area contributed by atoms with E-state index in [1.165, 1.54) is 0 Å². The largest absolute Gasteiger partial charge is 0.395 e. The average molecular weight is 319 g/mol. The molecule has 1 heterocycles. The highest BCUT2D eigenvalue weighted by Crippen LogP contribution is 2.14. The number of anilines is 1. The van der Waals surface area contributed by atoms with Gasteiger partial charge >= 0.3 is 0 Å². The molecule has 1 aromatic carbocycles. The summed E-state index contributed by atoms with van der Waals surface area (Å²) in [7, 11) is 0. The first kappa shape index (κ1) is 17.9. The fraction of sp³-hybridized carbons (Fsp3) is 0.611. The number of hydrogen-bond donors (Lipinski definition) is 2. The third-order valence-corrected chi connectivity index (χ3v) is 4.48. The summed E-state index contributed by atoms with van der Waals surface area (Å²) in [4.78, 5) is 16.7. The number of nitrogens with zero attached hydrogens (tertiary/aromatic N) is 2. The summed E-state index contributed by atoms with van der Waals surface area (Å²) in [6, 6.07) is 6.34. The number of hydrogen-bond acceptors (Lipinski definition) is 4. The Morgan fingerprint density at radius 3 is 2.30 bits per heavy atom. The molecule has 0 saturated carbocycles. The van der Waals surface area contributed by atoms with Gasteiger partial charge in [0.1, 0.15) is 0 Å². The molecule has 23 heavy (non-hydrogen) atoms. The minimum Gasteiger partial charge on any atom is -0.395 e. The Bertz CT molecular complexity index is 501. The summed E-state index contributed by atoms with van der Waals surface area (Å²) in [5.41, 5.74) is 3.18. The molecule has 1 aliphatic rings.